The fourth-order valence-corrected chi connectivity index (χ4v) is 2.62. The second-order valence-electron chi connectivity index (χ2n) is 5.36. The average molecular weight is 348 g/mol. The maximum Gasteiger partial charge on any atom is 0.224 e. The molecule has 1 aromatic carbocycles. The van der Waals surface area contributed by atoms with Gasteiger partial charge < -0.3 is 4.90 Å². The predicted molar refractivity (Wildman–Crippen MR) is 92.0 cm³/mol. The fourth-order valence-electron chi connectivity index (χ4n) is 2.31. The molecule has 0 bridgehead atoms. The molecule has 0 aliphatic carbocycles. The van der Waals surface area contributed by atoms with E-state index < -0.39 is 0 Å². The molecule has 2 aromatic heterocycles. The minimum Gasteiger partial charge on any atom is -0.305 e. The molecule has 0 aliphatic heterocycles. The van der Waals surface area contributed by atoms with Gasteiger partial charge in [-0.05, 0) is 25.7 Å². The van der Waals surface area contributed by atoms with Crippen LogP contribution in [0.4, 0.5) is 0 Å². The van der Waals surface area contributed by atoms with Gasteiger partial charge in [0.2, 0.25) is 5.28 Å². The number of aromatic nitrogens is 4. The van der Waals surface area contributed by atoms with Crippen molar-refractivity contribution >= 4 is 23.2 Å². The summed E-state index contributed by atoms with van der Waals surface area (Å²) in [6.45, 7) is 0.751. The van der Waals surface area contributed by atoms with Crippen molar-refractivity contribution in [1.29, 1.82) is 0 Å². The van der Waals surface area contributed by atoms with Gasteiger partial charge in [-0.1, -0.05) is 41.9 Å². The number of nitrogens with zero attached hydrogens (tertiary/aromatic N) is 5. The summed E-state index contributed by atoms with van der Waals surface area (Å²) >= 11 is 12.1. The monoisotopic (exact) mass is 347 g/mol. The van der Waals surface area contributed by atoms with Gasteiger partial charge in [0.15, 0.2) is 5.82 Å². The van der Waals surface area contributed by atoms with Crippen LogP contribution in [0.15, 0.2) is 42.7 Å². The van der Waals surface area contributed by atoms with Crippen molar-refractivity contribution in [3.63, 3.8) is 0 Å². The molecule has 0 N–H and O–H groups in total. The SMILES string of the molecule is CN(C)Cc1cn(-c2nc(Cl)ncc2Cl)nc1-c1ccccc1. The summed E-state index contributed by atoms with van der Waals surface area (Å²) in [5.74, 6) is 0.467. The zero-order valence-corrected chi connectivity index (χ0v) is 14.3. The van der Waals surface area contributed by atoms with Gasteiger partial charge in [-0.2, -0.15) is 10.1 Å². The van der Waals surface area contributed by atoms with Gasteiger partial charge in [0.1, 0.15) is 5.02 Å². The third-order valence-corrected chi connectivity index (χ3v) is 3.69. The molecule has 0 saturated carbocycles. The van der Waals surface area contributed by atoms with Gasteiger partial charge in [-0.3, -0.25) is 0 Å². The Labute approximate surface area is 144 Å². The molecule has 7 heteroatoms. The molecule has 23 heavy (non-hydrogen) atoms. The Balaban J connectivity index is 2.13. The lowest BCUT2D eigenvalue weighted by Crippen LogP contribution is -2.10. The number of hydrogen-bond acceptors (Lipinski definition) is 4. The molecule has 5 nitrogen and oxygen atoms in total. The lowest BCUT2D eigenvalue weighted by Gasteiger charge is -2.09. The van der Waals surface area contributed by atoms with Crippen LogP contribution >= 0.6 is 23.2 Å². The molecule has 0 fully saturated rings. The molecule has 118 valence electrons. The predicted octanol–water partition coefficient (Wildman–Crippen LogP) is 3.70. The summed E-state index contributed by atoms with van der Waals surface area (Å²) in [5, 5.41) is 5.19. The van der Waals surface area contributed by atoms with E-state index >= 15 is 0 Å². The highest BCUT2D eigenvalue weighted by molar-refractivity contribution is 6.32. The second kappa shape index (κ2) is 6.66. The normalized spacial score (nSPS) is 11.2. The van der Waals surface area contributed by atoms with Gasteiger partial charge in [-0.15, -0.1) is 0 Å². The highest BCUT2D eigenvalue weighted by atomic mass is 35.5. The molecular formula is C16H15Cl2N5. The van der Waals surface area contributed by atoms with Crippen molar-refractivity contribution in [2.45, 2.75) is 6.54 Å². The van der Waals surface area contributed by atoms with Crippen LogP contribution in [-0.4, -0.2) is 38.7 Å². The number of halogens is 2. The van der Waals surface area contributed by atoms with E-state index in [1.165, 1.54) is 6.20 Å². The summed E-state index contributed by atoms with van der Waals surface area (Å²) < 4.78 is 1.65. The quantitative estimate of drug-likeness (QED) is 0.675. The Hall–Kier alpha value is -1.95. The van der Waals surface area contributed by atoms with E-state index in [-0.39, 0.29) is 5.28 Å². The molecule has 0 unspecified atom stereocenters. The van der Waals surface area contributed by atoms with Crippen molar-refractivity contribution in [1.82, 2.24) is 24.6 Å². The first-order chi connectivity index (χ1) is 11.0. The first-order valence-corrected chi connectivity index (χ1v) is 7.77. The molecule has 0 spiro atoms. The first-order valence-electron chi connectivity index (χ1n) is 7.01. The van der Waals surface area contributed by atoms with E-state index in [1.807, 2.05) is 50.6 Å². The van der Waals surface area contributed by atoms with E-state index in [0.29, 0.717) is 10.8 Å². The summed E-state index contributed by atoms with van der Waals surface area (Å²) in [4.78, 5) is 10.1. The molecule has 2 heterocycles. The Kier molecular flexibility index (Phi) is 4.61. The van der Waals surface area contributed by atoms with Crippen LogP contribution in [0.3, 0.4) is 0 Å². The Morgan fingerprint density at radius 1 is 1.13 bits per heavy atom. The molecule has 0 radical (unpaired) electrons. The van der Waals surface area contributed by atoms with E-state index in [0.717, 1.165) is 23.4 Å². The highest BCUT2D eigenvalue weighted by Gasteiger charge is 2.15. The zero-order chi connectivity index (χ0) is 16.4. The van der Waals surface area contributed by atoms with Crippen molar-refractivity contribution in [2.24, 2.45) is 0 Å². The number of rotatable bonds is 4. The lowest BCUT2D eigenvalue weighted by atomic mass is 10.1. The molecule has 0 amide bonds. The molecule has 3 rings (SSSR count). The van der Waals surface area contributed by atoms with Crippen LogP contribution in [0.2, 0.25) is 10.3 Å². The fraction of sp³-hybridized carbons (Fsp3) is 0.188. The topological polar surface area (TPSA) is 46.8 Å². The van der Waals surface area contributed by atoms with Crippen molar-refractivity contribution < 1.29 is 0 Å². The second-order valence-corrected chi connectivity index (χ2v) is 6.11. The van der Waals surface area contributed by atoms with Crippen molar-refractivity contribution in [2.75, 3.05) is 14.1 Å². The molecule has 0 atom stereocenters. The average Bonchev–Trinajstić information content (AvgIpc) is 2.93. The Morgan fingerprint density at radius 2 is 1.87 bits per heavy atom. The van der Waals surface area contributed by atoms with E-state index in [9.17, 15) is 0 Å². The van der Waals surface area contributed by atoms with Crippen molar-refractivity contribution in [3.8, 4) is 17.1 Å². The number of hydrogen-bond donors (Lipinski definition) is 0. The highest BCUT2D eigenvalue weighted by Crippen LogP contribution is 2.26. The summed E-state index contributed by atoms with van der Waals surface area (Å²) in [6.07, 6.45) is 3.40. The summed E-state index contributed by atoms with van der Waals surface area (Å²) in [5.41, 5.74) is 3.01. The number of benzene rings is 1. The van der Waals surface area contributed by atoms with E-state index in [2.05, 4.69) is 20.0 Å². The van der Waals surface area contributed by atoms with Crippen LogP contribution in [0.1, 0.15) is 5.56 Å². The maximum atomic E-state index is 6.19. The first kappa shape index (κ1) is 15.9. The van der Waals surface area contributed by atoms with Crippen LogP contribution < -0.4 is 0 Å². The van der Waals surface area contributed by atoms with Crippen molar-refractivity contribution in [3.05, 3.63) is 58.6 Å². The largest absolute Gasteiger partial charge is 0.305 e. The molecule has 0 saturated heterocycles. The Morgan fingerprint density at radius 3 is 2.57 bits per heavy atom. The summed E-state index contributed by atoms with van der Waals surface area (Å²) in [7, 11) is 4.03. The molecule has 0 aliphatic rings. The minimum atomic E-state index is 0.135. The summed E-state index contributed by atoms with van der Waals surface area (Å²) in [6, 6.07) is 10.0. The van der Waals surface area contributed by atoms with Crippen LogP contribution in [-0.2, 0) is 6.54 Å². The van der Waals surface area contributed by atoms with Gasteiger partial charge in [0.25, 0.3) is 0 Å². The lowest BCUT2D eigenvalue weighted by molar-refractivity contribution is 0.403. The third-order valence-electron chi connectivity index (χ3n) is 3.24. The minimum absolute atomic E-state index is 0.135. The van der Waals surface area contributed by atoms with Gasteiger partial charge in [0.05, 0.1) is 11.9 Å². The van der Waals surface area contributed by atoms with Crippen LogP contribution in [0.25, 0.3) is 17.1 Å². The standard InChI is InChI=1S/C16H15Cl2N5/c1-22(2)9-12-10-23(15-13(17)8-19-16(18)20-15)21-14(12)11-6-4-3-5-7-11/h3-8,10H,9H2,1-2H3. The van der Waals surface area contributed by atoms with Crippen LogP contribution in [0, 0.1) is 0 Å². The maximum absolute atomic E-state index is 6.19. The van der Waals surface area contributed by atoms with Gasteiger partial charge in [-0.25, -0.2) is 9.67 Å². The molecule has 3 aromatic rings. The van der Waals surface area contributed by atoms with Crippen LogP contribution in [0.5, 0.6) is 0 Å². The smallest absolute Gasteiger partial charge is 0.224 e. The van der Waals surface area contributed by atoms with Gasteiger partial charge in [0, 0.05) is 23.9 Å². The third kappa shape index (κ3) is 3.52. The molecular weight excluding hydrogens is 333 g/mol. The Bertz CT molecular complexity index is 815. The zero-order valence-electron chi connectivity index (χ0n) is 12.7. The van der Waals surface area contributed by atoms with E-state index in [4.69, 9.17) is 23.2 Å². The van der Waals surface area contributed by atoms with Gasteiger partial charge >= 0.3 is 0 Å². The van der Waals surface area contributed by atoms with E-state index in [1.54, 1.807) is 4.68 Å².